The highest BCUT2D eigenvalue weighted by molar-refractivity contribution is 7.24. The van der Waals surface area contributed by atoms with Crippen LogP contribution in [0.15, 0.2) is 72.6 Å². The van der Waals surface area contributed by atoms with E-state index in [-0.39, 0.29) is 38.0 Å². The molecule has 2 atom stereocenters. The number of hydrogen-bond donors (Lipinski definition) is 0. The number of benzene rings is 2. The first kappa shape index (κ1) is 42.7. The number of carbonyl (C=O) groups excluding carboxylic acids is 2. The Bertz CT molecular complexity index is 1580. The van der Waals surface area contributed by atoms with Gasteiger partial charge in [0.05, 0.1) is 65.6 Å². The van der Waals surface area contributed by atoms with Gasteiger partial charge in [0.25, 0.3) is 0 Å². The molecule has 13 nitrogen and oxygen atoms in total. The minimum absolute atomic E-state index is 0.0000694. The van der Waals surface area contributed by atoms with Crippen LogP contribution in [0.3, 0.4) is 0 Å². The highest BCUT2D eigenvalue weighted by Crippen LogP contribution is 2.27. The van der Waals surface area contributed by atoms with Gasteiger partial charge in [-0.3, -0.25) is 9.69 Å². The topological polar surface area (TPSA) is 138 Å². The second-order valence-electron chi connectivity index (χ2n) is 11.3. The smallest absolute Gasteiger partial charge is 0.330 e. The largest absolute Gasteiger partial charge is 0.492 e. The minimum Gasteiger partial charge on any atom is -0.492 e. The predicted molar refractivity (Wildman–Crippen MR) is 199 cm³/mol. The van der Waals surface area contributed by atoms with E-state index in [2.05, 4.69) is 18.1 Å². The third-order valence-corrected chi connectivity index (χ3v) is 8.53. The van der Waals surface area contributed by atoms with Crippen LogP contribution in [0.5, 0.6) is 5.75 Å². The monoisotopic (exact) mass is 745 g/mol. The molecule has 52 heavy (non-hydrogen) atoms. The Kier molecular flexibility index (Phi) is 20.7. The molecule has 0 radical (unpaired) electrons. The summed E-state index contributed by atoms with van der Waals surface area (Å²) in [5.74, 6) is -0.332. The molecule has 0 spiro atoms. The van der Waals surface area contributed by atoms with Crippen LogP contribution in [0.4, 0.5) is 0 Å². The third kappa shape index (κ3) is 16.7. The molecule has 2 unspecified atom stereocenters. The van der Waals surface area contributed by atoms with Crippen LogP contribution >= 0.6 is 11.3 Å². The lowest BCUT2D eigenvalue weighted by molar-refractivity contribution is -0.146. The Morgan fingerprint density at radius 1 is 0.692 bits per heavy atom. The number of ether oxygens (including phenoxy) is 9. The maximum atomic E-state index is 13.1. The number of carbonyl (C=O) groups is 2. The summed E-state index contributed by atoms with van der Waals surface area (Å²) in [6.45, 7) is 16.2. The maximum absolute atomic E-state index is 13.1. The van der Waals surface area contributed by atoms with Crippen molar-refractivity contribution in [3.63, 3.8) is 0 Å². The van der Waals surface area contributed by atoms with Gasteiger partial charge in [0.1, 0.15) is 25.6 Å². The molecule has 286 valence electrons. The van der Waals surface area contributed by atoms with Crippen LogP contribution in [0.2, 0.25) is 0 Å². The Labute approximate surface area is 308 Å². The molecule has 1 heterocycles. The molecule has 0 fully saturated rings. The van der Waals surface area contributed by atoms with Gasteiger partial charge in [0.2, 0.25) is 0 Å². The van der Waals surface area contributed by atoms with Gasteiger partial charge in [0.15, 0.2) is 11.7 Å². The van der Waals surface area contributed by atoms with Crippen LogP contribution in [0.1, 0.15) is 13.8 Å². The van der Waals surface area contributed by atoms with Crippen molar-refractivity contribution in [1.29, 1.82) is 0 Å². The van der Waals surface area contributed by atoms with E-state index >= 15 is 0 Å². The summed E-state index contributed by atoms with van der Waals surface area (Å²) in [7, 11) is 0. The first-order valence-electron chi connectivity index (χ1n) is 17.3. The first-order chi connectivity index (χ1) is 25.3. The second kappa shape index (κ2) is 25.3. The molecule has 2 aromatic carbocycles. The fourth-order valence-electron chi connectivity index (χ4n) is 4.69. The Morgan fingerprint density at radius 3 is 2.00 bits per heavy atom. The third-order valence-electron chi connectivity index (χ3n) is 7.38. The molecular formula is C38H51NO12S. The molecule has 14 heteroatoms. The van der Waals surface area contributed by atoms with Crippen molar-refractivity contribution >= 4 is 43.4 Å². The van der Waals surface area contributed by atoms with E-state index in [0.29, 0.717) is 89.0 Å². The molecule has 3 rings (SSSR count). The van der Waals surface area contributed by atoms with E-state index in [0.717, 1.165) is 21.6 Å². The SMILES string of the molecule is C=CC(=O)OCCOCCOC(C)COCCN(CCOc1ccc2sc3ccccc3c(=O)c2c1)CCOC(C)OCCOCCOC(=O)C=C. The van der Waals surface area contributed by atoms with Crippen molar-refractivity contribution < 1.29 is 52.2 Å². The molecule has 0 aliphatic heterocycles. The van der Waals surface area contributed by atoms with E-state index in [9.17, 15) is 14.4 Å². The maximum Gasteiger partial charge on any atom is 0.330 e. The number of rotatable bonds is 29. The van der Waals surface area contributed by atoms with Gasteiger partial charge in [-0.05, 0) is 44.2 Å². The minimum atomic E-state index is -0.487. The number of nitrogens with zero attached hydrogens (tertiary/aromatic N) is 1. The summed E-state index contributed by atoms with van der Waals surface area (Å²) >= 11 is 1.59. The summed E-state index contributed by atoms with van der Waals surface area (Å²) in [6.07, 6.45) is 1.63. The molecule has 0 bridgehead atoms. The van der Waals surface area contributed by atoms with Crippen molar-refractivity contribution in [2.45, 2.75) is 26.2 Å². The summed E-state index contributed by atoms with van der Waals surface area (Å²) in [6, 6.07) is 13.3. The normalized spacial score (nSPS) is 12.5. The molecular weight excluding hydrogens is 694 g/mol. The highest BCUT2D eigenvalue weighted by atomic mass is 32.1. The molecule has 1 aromatic heterocycles. The lowest BCUT2D eigenvalue weighted by Gasteiger charge is -2.24. The van der Waals surface area contributed by atoms with Crippen LogP contribution in [-0.2, 0) is 47.5 Å². The Hall–Kier alpha value is -3.73. The van der Waals surface area contributed by atoms with Crippen molar-refractivity contribution in [3.8, 4) is 5.75 Å². The van der Waals surface area contributed by atoms with E-state index in [1.165, 1.54) is 0 Å². The highest BCUT2D eigenvalue weighted by Gasteiger charge is 2.11. The van der Waals surface area contributed by atoms with Gasteiger partial charge < -0.3 is 42.6 Å². The predicted octanol–water partition coefficient (Wildman–Crippen LogP) is 4.39. The zero-order valence-electron chi connectivity index (χ0n) is 30.1. The summed E-state index contributed by atoms with van der Waals surface area (Å²) in [5.41, 5.74) is -0.0000694. The van der Waals surface area contributed by atoms with Crippen molar-refractivity contribution in [3.05, 3.63) is 78.0 Å². The summed E-state index contributed by atoms with van der Waals surface area (Å²) in [5, 5.41) is 1.35. The van der Waals surface area contributed by atoms with Crippen LogP contribution in [-0.4, -0.2) is 128 Å². The van der Waals surface area contributed by atoms with E-state index in [4.69, 9.17) is 42.6 Å². The standard InChI is InChI=1S/C38H51NO12S/c1-5-36(40)50-25-21-43-19-23-46-29(3)28-45-16-13-39(14-17-47-30(4)48-24-20-44-22-26-51-37(41)6-2)15-18-49-31-11-12-35-33(27-31)38(42)32-9-7-8-10-34(32)52-35/h5-12,27,29-30H,1-2,13-26,28H2,3-4H3. The number of hydrogen-bond acceptors (Lipinski definition) is 14. The summed E-state index contributed by atoms with van der Waals surface area (Å²) in [4.78, 5) is 37.4. The number of esters is 2. The van der Waals surface area contributed by atoms with Gasteiger partial charge in [-0.25, -0.2) is 9.59 Å². The second-order valence-corrected chi connectivity index (χ2v) is 12.4. The molecule has 0 saturated carbocycles. The zero-order valence-corrected chi connectivity index (χ0v) is 30.9. The Morgan fingerprint density at radius 2 is 1.29 bits per heavy atom. The average molecular weight is 746 g/mol. The molecule has 0 saturated heterocycles. The van der Waals surface area contributed by atoms with Gasteiger partial charge in [-0.1, -0.05) is 25.3 Å². The molecule has 0 N–H and O–H groups in total. The first-order valence-corrected chi connectivity index (χ1v) is 18.1. The molecule has 0 aliphatic carbocycles. The van der Waals surface area contributed by atoms with Crippen LogP contribution in [0.25, 0.3) is 20.2 Å². The quantitative estimate of drug-likeness (QED) is 0.0327. The van der Waals surface area contributed by atoms with E-state index in [1.807, 2.05) is 56.3 Å². The zero-order chi connectivity index (χ0) is 37.4. The van der Waals surface area contributed by atoms with Gasteiger partial charge in [0, 0.05) is 52.0 Å². The molecule has 3 aromatic rings. The summed E-state index contributed by atoms with van der Waals surface area (Å²) < 4.78 is 51.7. The molecule has 0 aliphatic rings. The number of fused-ring (bicyclic) bond motifs is 2. The fraction of sp³-hybridized carbons (Fsp3) is 0.500. The van der Waals surface area contributed by atoms with Gasteiger partial charge in [-0.2, -0.15) is 0 Å². The van der Waals surface area contributed by atoms with Crippen molar-refractivity contribution in [2.24, 2.45) is 0 Å². The van der Waals surface area contributed by atoms with E-state index in [1.54, 1.807) is 11.3 Å². The van der Waals surface area contributed by atoms with Gasteiger partial charge in [-0.15, -0.1) is 11.3 Å². The van der Waals surface area contributed by atoms with Crippen LogP contribution < -0.4 is 10.2 Å². The Balaban J connectivity index is 1.41. The van der Waals surface area contributed by atoms with Crippen LogP contribution in [0, 0.1) is 0 Å². The fourth-order valence-corrected chi connectivity index (χ4v) is 5.74. The van der Waals surface area contributed by atoms with Crippen molar-refractivity contribution in [1.82, 2.24) is 4.90 Å². The molecule has 0 amide bonds. The van der Waals surface area contributed by atoms with Crippen molar-refractivity contribution in [2.75, 3.05) is 98.9 Å². The lowest BCUT2D eigenvalue weighted by Crippen LogP contribution is -2.35. The van der Waals surface area contributed by atoms with E-state index < -0.39 is 18.2 Å². The van der Waals surface area contributed by atoms with Gasteiger partial charge >= 0.3 is 11.9 Å². The average Bonchev–Trinajstić information content (AvgIpc) is 3.15. The lowest BCUT2D eigenvalue weighted by atomic mass is 10.2.